The summed E-state index contributed by atoms with van der Waals surface area (Å²) in [6, 6.07) is 5.42. The molecule has 0 saturated carbocycles. The molecule has 4 rings (SSSR count). The van der Waals surface area contributed by atoms with Crippen molar-refractivity contribution in [3.63, 3.8) is 0 Å². The summed E-state index contributed by atoms with van der Waals surface area (Å²) in [5.74, 6) is -0.797. The molecule has 1 N–H and O–H groups in total. The van der Waals surface area contributed by atoms with E-state index in [-0.39, 0.29) is 34.7 Å². The van der Waals surface area contributed by atoms with Crippen LogP contribution in [0.1, 0.15) is 29.1 Å². The first-order valence-electron chi connectivity index (χ1n) is 9.81. The molecule has 32 heavy (non-hydrogen) atoms. The molecule has 1 saturated heterocycles. The van der Waals surface area contributed by atoms with Gasteiger partial charge in [0.25, 0.3) is 10.0 Å². The Morgan fingerprint density at radius 2 is 2.03 bits per heavy atom. The van der Waals surface area contributed by atoms with Crippen molar-refractivity contribution in [3.8, 4) is 0 Å². The number of carbonyl (C=O) groups is 1. The smallest absolute Gasteiger partial charge is 0.349 e. The zero-order chi connectivity index (χ0) is 23.1. The van der Waals surface area contributed by atoms with Crippen LogP contribution in [0.4, 0.5) is 13.2 Å². The van der Waals surface area contributed by atoms with Gasteiger partial charge in [-0.15, -0.1) is 21.5 Å². The Morgan fingerprint density at radius 3 is 2.72 bits per heavy atom. The van der Waals surface area contributed by atoms with E-state index in [1.165, 1.54) is 26.1 Å². The van der Waals surface area contributed by atoms with Gasteiger partial charge in [-0.1, -0.05) is 0 Å². The number of hydrogen-bond donors (Lipinski definition) is 1. The van der Waals surface area contributed by atoms with Crippen molar-refractivity contribution in [1.82, 2.24) is 24.2 Å². The van der Waals surface area contributed by atoms with E-state index >= 15 is 0 Å². The Hall–Kier alpha value is -2.51. The number of sulfonamides is 1. The molecule has 0 aromatic carbocycles. The van der Waals surface area contributed by atoms with E-state index in [1.807, 2.05) is 6.92 Å². The molecular weight excluding hydrogens is 467 g/mol. The fourth-order valence-electron chi connectivity index (χ4n) is 3.59. The molecule has 13 heteroatoms. The third-order valence-corrected chi connectivity index (χ3v) is 8.62. The molecule has 1 atom stereocenters. The third-order valence-electron chi connectivity index (χ3n) is 5.29. The molecular formula is C19H20F3N5O3S2. The number of aryl methyl sites for hydroxylation is 1. The summed E-state index contributed by atoms with van der Waals surface area (Å²) >= 11 is 1.18. The maximum absolute atomic E-state index is 13.0. The van der Waals surface area contributed by atoms with Crippen LogP contribution in [0.25, 0.3) is 5.65 Å². The number of thiophene rings is 1. The lowest BCUT2D eigenvalue weighted by atomic mass is 9.99. The number of alkyl halides is 3. The van der Waals surface area contributed by atoms with Gasteiger partial charge in [0.1, 0.15) is 4.21 Å². The molecule has 0 aliphatic carbocycles. The van der Waals surface area contributed by atoms with E-state index in [0.717, 1.165) is 17.1 Å². The zero-order valence-corrected chi connectivity index (χ0v) is 18.6. The molecule has 0 spiro atoms. The average Bonchev–Trinajstić information content (AvgIpc) is 3.37. The molecule has 0 unspecified atom stereocenters. The summed E-state index contributed by atoms with van der Waals surface area (Å²) in [5, 5.41) is 10.3. The van der Waals surface area contributed by atoms with Crippen LogP contribution in [-0.4, -0.2) is 46.3 Å². The number of rotatable bonds is 5. The number of nitrogens with one attached hydrogen (secondary N) is 1. The predicted octanol–water partition coefficient (Wildman–Crippen LogP) is 2.84. The van der Waals surface area contributed by atoms with Crippen molar-refractivity contribution in [2.75, 3.05) is 13.1 Å². The van der Waals surface area contributed by atoms with Crippen LogP contribution < -0.4 is 5.32 Å². The Bertz CT molecular complexity index is 1250. The maximum atomic E-state index is 13.0. The van der Waals surface area contributed by atoms with Crippen molar-refractivity contribution in [2.24, 2.45) is 5.92 Å². The van der Waals surface area contributed by atoms with Crippen LogP contribution in [0.5, 0.6) is 0 Å². The second kappa shape index (κ2) is 8.45. The number of amides is 1. The van der Waals surface area contributed by atoms with Crippen molar-refractivity contribution in [1.29, 1.82) is 0 Å². The summed E-state index contributed by atoms with van der Waals surface area (Å²) < 4.78 is 67.4. The lowest BCUT2D eigenvalue weighted by Gasteiger charge is -2.30. The van der Waals surface area contributed by atoms with Gasteiger partial charge in [-0.3, -0.25) is 9.20 Å². The molecule has 0 radical (unpaired) electrons. The largest absolute Gasteiger partial charge is 0.417 e. The SMILES string of the molecule is Cc1ccc(S(=O)(=O)N2CCC[C@H](C(=O)NCc3nnc4ccc(C(F)(F)F)cn34)C2)s1. The van der Waals surface area contributed by atoms with Crippen LogP contribution in [0.15, 0.2) is 34.7 Å². The van der Waals surface area contributed by atoms with Gasteiger partial charge in [-0.2, -0.15) is 17.5 Å². The molecule has 1 amide bonds. The predicted molar refractivity (Wildman–Crippen MR) is 110 cm³/mol. The minimum Gasteiger partial charge on any atom is -0.349 e. The van der Waals surface area contributed by atoms with Gasteiger partial charge < -0.3 is 5.32 Å². The van der Waals surface area contributed by atoms with Crippen molar-refractivity contribution in [2.45, 2.75) is 36.7 Å². The number of halogens is 3. The fraction of sp³-hybridized carbons (Fsp3) is 0.421. The highest BCUT2D eigenvalue weighted by molar-refractivity contribution is 7.91. The summed E-state index contributed by atoms with van der Waals surface area (Å²) in [5.41, 5.74) is -0.627. The van der Waals surface area contributed by atoms with E-state index in [4.69, 9.17) is 0 Å². The van der Waals surface area contributed by atoms with Crippen LogP contribution in [0.3, 0.4) is 0 Å². The van der Waals surface area contributed by atoms with Gasteiger partial charge in [-0.25, -0.2) is 8.42 Å². The minimum atomic E-state index is -4.52. The maximum Gasteiger partial charge on any atom is 0.417 e. The second-order valence-electron chi connectivity index (χ2n) is 7.55. The summed E-state index contributed by atoms with van der Waals surface area (Å²) in [4.78, 5) is 13.6. The second-order valence-corrected chi connectivity index (χ2v) is 11.0. The van der Waals surface area contributed by atoms with Gasteiger partial charge >= 0.3 is 6.18 Å². The Morgan fingerprint density at radius 1 is 1.25 bits per heavy atom. The van der Waals surface area contributed by atoms with Gasteiger partial charge in [0.05, 0.1) is 18.0 Å². The Kier molecular flexibility index (Phi) is 5.98. The van der Waals surface area contributed by atoms with E-state index in [1.54, 1.807) is 12.1 Å². The topological polar surface area (TPSA) is 96.7 Å². The number of hydrogen-bond acceptors (Lipinski definition) is 6. The third kappa shape index (κ3) is 4.50. The van der Waals surface area contributed by atoms with Gasteiger partial charge in [0, 0.05) is 24.2 Å². The monoisotopic (exact) mass is 487 g/mol. The quantitative estimate of drug-likeness (QED) is 0.597. The van der Waals surface area contributed by atoms with Gasteiger partial charge in [0.2, 0.25) is 5.91 Å². The number of carbonyl (C=O) groups excluding carboxylic acids is 1. The standard InChI is InChI=1S/C19H20F3N5O3S2/c1-12-4-7-17(31-12)32(29,30)26-8-2-3-13(10-26)18(28)23-9-16-25-24-15-6-5-14(11-27(15)16)19(20,21)22/h4-7,11,13H,2-3,8-10H2,1H3,(H,23,28)/t13-/m0/s1. The molecule has 1 aliphatic heterocycles. The zero-order valence-electron chi connectivity index (χ0n) is 17.0. The normalized spacial score (nSPS) is 18.2. The van der Waals surface area contributed by atoms with Crippen LogP contribution in [0, 0.1) is 12.8 Å². The van der Waals surface area contributed by atoms with Crippen molar-refractivity contribution in [3.05, 3.63) is 46.7 Å². The van der Waals surface area contributed by atoms with Crippen molar-refractivity contribution < 1.29 is 26.4 Å². The molecule has 4 heterocycles. The summed E-state index contributed by atoms with van der Waals surface area (Å²) in [6.07, 6.45) is -2.59. The molecule has 3 aromatic rings. The average molecular weight is 488 g/mol. The van der Waals surface area contributed by atoms with Gasteiger partial charge in [0.15, 0.2) is 11.5 Å². The number of aromatic nitrogens is 3. The van der Waals surface area contributed by atoms with Crippen molar-refractivity contribution >= 4 is 32.9 Å². The first-order valence-corrected chi connectivity index (χ1v) is 12.1. The van der Waals surface area contributed by atoms with Crippen LogP contribution in [-0.2, 0) is 27.5 Å². The Labute approximate surface area is 186 Å². The number of piperidine rings is 1. The fourth-order valence-corrected chi connectivity index (χ4v) is 6.55. The Balaban J connectivity index is 1.44. The summed E-state index contributed by atoms with van der Waals surface area (Å²) in [6.45, 7) is 2.07. The van der Waals surface area contributed by atoms with E-state index in [2.05, 4.69) is 15.5 Å². The van der Waals surface area contributed by atoms with E-state index in [0.29, 0.717) is 19.4 Å². The minimum absolute atomic E-state index is 0.0456. The first-order chi connectivity index (χ1) is 15.1. The molecule has 0 bridgehead atoms. The highest BCUT2D eigenvalue weighted by atomic mass is 32.2. The van der Waals surface area contributed by atoms with Crippen LogP contribution in [0.2, 0.25) is 0 Å². The molecule has 3 aromatic heterocycles. The number of nitrogens with zero attached hydrogens (tertiary/aromatic N) is 4. The first kappa shape index (κ1) is 22.7. The molecule has 172 valence electrons. The molecule has 8 nitrogen and oxygen atoms in total. The molecule has 1 fully saturated rings. The lowest BCUT2D eigenvalue weighted by Crippen LogP contribution is -2.45. The highest BCUT2D eigenvalue weighted by Gasteiger charge is 2.34. The van der Waals surface area contributed by atoms with Gasteiger partial charge in [-0.05, 0) is 44.0 Å². The number of pyridine rings is 1. The van der Waals surface area contributed by atoms with E-state index < -0.39 is 27.7 Å². The van der Waals surface area contributed by atoms with Crippen LogP contribution >= 0.6 is 11.3 Å². The highest BCUT2D eigenvalue weighted by Crippen LogP contribution is 2.30. The lowest BCUT2D eigenvalue weighted by molar-refractivity contribution is -0.138. The molecule has 1 aliphatic rings. The summed E-state index contributed by atoms with van der Waals surface area (Å²) in [7, 11) is -3.67. The number of fused-ring (bicyclic) bond motifs is 1. The van der Waals surface area contributed by atoms with E-state index in [9.17, 15) is 26.4 Å².